The van der Waals surface area contributed by atoms with Crippen molar-refractivity contribution in [3.8, 4) is 5.75 Å². The maximum absolute atomic E-state index is 13.4. The van der Waals surface area contributed by atoms with Crippen molar-refractivity contribution >= 4 is 33.1 Å². The lowest BCUT2D eigenvalue weighted by Gasteiger charge is -2.12. The average molecular weight is 427 g/mol. The summed E-state index contributed by atoms with van der Waals surface area (Å²) in [6.07, 6.45) is 7.18. The zero-order valence-electron chi connectivity index (χ0n) is 16.1. The molecule has 2 aromatic heterocycles. The highest BCUT2D eigenvalue weighted by Crippen LogP contribution is 2.33. The monoisotopic (exact) mass is 427 g/mol. The van der Waals surface area contributed by atoms with E-state index in [1.807, 2.05) is 6.07 Å². The first-order valence-corrected chi connectivity index (χ1v) is 11.0. The number of rotatable bonds is 3. The van der Waals surface area contributed by atoms with Gasteiger partial charge >= 0.3 is 0 Å². The molecule has 0 atom stereocenters. The summed E-state index contributed by atoms with van der Waals surface area (Å²) in [5.41, 5.74) is 4.37. The Morgan fingerprint density at radius 3 is 2.83 bits per heavy atom. The molecule has 0 amide bonds. The van der Waals surface area contributed by atoms with Crippen LogP contribution < -0.4 is 10.1 Å². The maximum Gasteiger partial charge on any atom is 0.290 e. The topological polar surface area (TPSA) is 111 Å². The van der Waals surface area contributed by atoms with Crippen LogP contribution in [0.1, 0.15) is 17.5 Å². The van der Waals surface area contributed by atoms with E-state index in [9.17, 15) is 8.42 Å². The Morgan fingerprint density at radius 2 is 2.07 bits per heavy atom. The lowest BCUT2D eigenvalue weighted by atomic mass is 10.0. The molecule has 0 aliphatic carbocycles. The summed E-state index contributed by atoms with van der Waals surface area (Å²) in [6, 6.07) is 8.70. The van der Waals surface area contributed by atoms with Gasteiger partial charge in [-0.05, 0) is 42.3 Å². The van der Waals surface area contributed by atoms with Crippen LogP contribution >= 0.6 is 0 Å². The van der Waals surface area contributed by atoms with Gasteiger partial charge in [-0.25, -0.2) is 12.4 Å². The second-order valence-corrected chi connectivity index (χ2v) is 8.69. The predicted molar refractivity (Wildman–Crippen MR) is 112 cm³/mol. The van der Waals surface area contributed by atoms with Crippen molar-refractivity contribution in [3.05, 3.63) is 59.9 Å². The highest BCUT2D eigenvalue weighted by atomic mass is 32.2. The lowest BCUT2D eigenvalue weighted by molar-refractivity contribution is -0.122. The molecule has 0 saturated heterocycles. The molecule has 0 spiro atoms. The third-order valence-corrected chi connectivity index (χ3v) is 6.83. The van der Waals surface area contributed by atoms with Gasteiger partial charge in [-0.2, -0.15) is 0 Å². The molecular formula is C21H21N3O5S. The summed E-state index contributed by atoms with van der Waals surface area (Å²) in [6.45, 7) is 2.01. The van der Waals surface area contributed by atoms with E-state index >= 15 is 0 Å². The minimum absolute atomic E-state index is 0.231. The third kappa shape index (κ3) is 3.57. The number of hydrogen-bond donors (Lipinski definition) is 2. The number of carboxylic acid groups (broad SMARTS) is 1. The number of benzene rings is 1. The molecule has 8 nitrogen and oxygen atoms in total. The minimum atomic E-state index is -3.75. The molecule has 3 aromatic rings. The lowest BCUT2D eigenvalue weighted by Crippen LogP contribution is -2.20. The number of nitrogens with zero attached hydrogens (tertiary/aromatic N) is 2. The molecule has 0 unspecified atom stereocenters. The fraction of sp³-hybridized carbons (Fsp3) is 0.238. The molecule has 0 radical (unpaired) electrons. The standard InChI is InChI=1S/C20H19N3O3S.CH2O2/c24-27(25,16-4-3-15-7-11-26-19(15)12-16)23-13-17(14-5-9-21-10-6-14)20-18(23)2-1-8-22-20;2-1-3/h1-5,8,12-13,21H,6-7,9-11H2;1H,(H,2,3). The van der Waals surface area contributed by atoms with E-state index in [1.54, 1.807) is 36.7 Å². The molecule has 1 aromatic carbocycles. The van der Waals surface area contributed by atoms with Crippen LogP contribution in [0.2, 0.25) is 0 Å². The fourth-order valence-electron chi connectivity index (χ4n) is 3.75. The van der Waals surface area contributed by atoms with E-state index in [-0.39, 0.29) is 11.4 Å². The molecule has 0 saturated carbocycles. The van der Waals surface area contributed by atoms with Crippen molar-refractivity contribution in [1.82, 2.24) is 14.3 Å². The summed E-state index contributed by atoms with van der Waals surface area (Å²) >= 11 is 0. The first-order valence-electron chi connectivity index (χ1n) is 9.51. The van der Waals surface area contributed by atoms with Gasteiger partial charge in [-0.3, -0.25) is 9.78 Å². The van der Waals surface area contributed by atoms with Crippen molar-refractivity contribution < 1.29 is 23.1 Å². The smallest absolute Gasteiger partial charge is 0.290 e. The average Bonchev–Trinajstić information content (AvgIpc) is 3.39. The molecule has 5 rings (SSSR count). The van der Waals surface area contributed by atoms with Gasteiger partial charge in [0.25, 0.3) is 16.5 Å². The summed E-state index contributed by atoms with van der Waals surface area (Å²) in [7, 11) is -3.75. The van der Waals surface area contributed by atoms with Crippen LogP contribution in [0, 0.1) is 0 Å². The quantitative estimate of drug-likeness (QED) is 0.617. The normalized spacial score (nSPS) is 15.5. The predicted octanol–water partition coefficient (Wildman–Crippen LogP) is 2.29. The Kier molecular flexibility index (Phi) is 5.56. The van der Waals surface area contributed by atoms with E-state index in [4.69, 9.17) is 14.6 Å². The van der Waals surface area contributed by atoms with Crippen molar-refractivity contribution in [1.29, 1.82) is 0 Å². The molecular weight excluding hydrogens is 406 g/mol. The van der Waals surface area contributed by atoms with Crippen LogP contribution in [0.5, 0.6) is 5.75 Å². The third-order valence-electron chi connectivity index (χ3n) is 5.16. The number of pyridine rings is 1. The van der Waals surface area contributed by atoms with E-state index in [0.29, 0.717) is 23.4 Å². The van der Waals surface area contributed by atoms with Gasteiger partial charge in [0.05, 0.1) is 22.5 Å². The number of hydrogen-bond acceptors (Lipinski definition) is 6. The van der Waals surface area contributed by atoms with Crippen LogP contribution in [-0.4, -0.2) is 48.6 Å². The molecule has 2 aliphatic heterocycles. The van der Waals surface area contributed by atoms with Crippen LogP contribution in [-0.2, 0) is 21.2 Å². The summed E-state index contributed by atoms with van der Waals surface area (Å²) in [5.74, 6) is 0.659. The molecule has 2 N–H and O–H groups in total. The number of fused-ring (bicyclic) bond motifs is 2. The molecule has 0 bridgehead atoms. The van der Waals surface area contributed by atoms with Crippen LogP contribution in [0.3, 0.4) is 0 Å². The van der Waals surface area contributed by atoms with Crippen molar-refractivity contribution in [3.63, 3.8) is 0 Å². The van der Waals surface area contributed by atoms with Gasteiger partial charge in [-0.1, -0.05) is 12.1 Å². The van der Waals surface area contributed by atoms with Gasteiger partial charge in [0, 0.05) is 37.0 Å². The Bertz CT molecular complexity index is 1230. The summed E-state index contributed by atoms with van der Waals surface area (Å²) in [4.78, 5) is 13.1. The number of carbonyl (C=O) groups is 1. The molecule has 9 heteroatoms. The fourth-order valence-corrected chi connectivity index (χ4v) is 5.13. The highest BCUT2D eigenvalue weighted by Gasteiger charge is 2.25. The van der Waals surface area contributed by atoms with Gasteiger partial charge < -0.3 is 15.2 Å². The number of aromatic nitrogens is 2. The Morgan fingerprint density at radius 1 is 1.23 bits per heavy atom. The van der Waals surface area contributed by atoms with Gasteiger partial charge in [-0.15, -0.1) is 0 Å². The summed E-state index contributed by atoms with van der Waals surface area (Å²) < 4.78 is 33.7. The summed E-state index contributed by atoms with van der Waals surface area (Å²) in [5, 5.41) is 10.2. The zero-order valence-corrected chi connectivity index (χ0v) is 16.9. The van der Waals surface area contributed by atoms with Crippen LogP contribution in [0.15, 0.2) is 53.7 Å². The van der Waals surface area contributed by atoms with Gasteiger partial charge in [0.2, 0.25) is 0 Å². The first-order chi connectivity index (χ1) is 14.6. The van der Waals surface area contributed by atoms with Crippen LogP contribution in [0.4, 0.5) is 0 Å². The largest absolute Gasteiger partial charge is 0.493 e. The molecule has 30 heavy (non-hydrogen) atoms. The van der Waals surface area contributed by atoms with Crippen LogP contribution in [0.25, 0.3) is 16.6 Å². The van der Waals surface area contributed by atoms with E-state index in [2.05, 4.69) is 16.4 Å². The minimum Gasteiger partial charge on any atom is -0.493 e. The number of ether oxygens (including phenoxy) is 1. The second kappa shape index (κ2) is 8.29. The number of nitrogens with one attached hydrogen (secondary N) is 1. The Hall–Kier alpha value is -3.17. The second-order valence-electron chi connectivity index (χ2n) is 6.87. The Balaban J connectivity index is 0.000000687. The highest BCUT2D eigenvalue weighted by molar-refractivity contribution is 7.90. The van der Waals surface area contributed by atoms with Crippen molar-refractivity contribution in [2.24, 2.45) is 0 Å². The van der Waals surface area contributed by atoms with Crippen molar-refractivity contribution in [2.75, 3.05) is 19.7 Å². The van der Waals surface area contributed by atoms with Gasteiger partial charge in [0.1, 0.15) is 5.75 Å². The SMILES string of the molecule is O=CO.O=S(=O)(c1ccc2c(c1)OCC2)n1cc(C2=CCNCC2)c2ncccc21. The van der Waals surface area contributed by atoms with E-state index in [0.717, 1.165) is 42.6 Å². The molecule has 4 heterocycles. The molecule has 156 valence electrons. The molecule has 0 fully saturated rings. The first kappa shape index (κ1) is 20.1. The van der Waals surface area contributed by atoms with E-state index in [1.165, 1.54) is 3.97 Å². The zero-order chi connectivity index (χ0) is 21.1. The maximum atomic E-state index is 13.4. The molecule has 2 aliphatic rings. The van der Waals surface area contributed by atoms with E-state index < -0.39 is 10.0 Å². The van der Waals surface area contributed by atoms with Crippen molar-refractivity contribution in [2.45, 2.75) is 17.7 Å². The van der Waals surface area contributed by atoms with Gasteiger partial charge in [0.15, 0.2) is 0 Å². The Labute approximate surface area is 173 Å².